The number of nitrogens with zero attached hydrogens (tertiary/aromatic N) is 2. The van der Waals surface area contributed by atoms with Gasteiger partial charge in [-0.05, 0) is 41.8 Å². The molecular formula is C31H23N3O3S2. The first-order valence-electron chi connectivity index (χ1n) is 12.7. The van der Waals surface area contributed by atoms with Crippen molar-refractivity contribution in [1.82, 2.24) is 9.88 Å². The van der Waals surface area contributed by atoms with Gasteiger partial charge in [-0.15, -0.1) is 22.7 Å². The van der Waals surface area contributed by atoms with Gasteiger partial charge in [0.15, 0.2) is 11.2 Å². The van der Waals surface area contributed by atoms with Gasteiger partial charge >= 0.3 is 0 Å². The molecule has 1 amide bonds. The number of carbonyl (C=O) groups excluding carboxylic acids is 1. The highest BCUT2D eigenvalue weighted by atomic mass is 32.1. The first-order chi connectivity index (χ1) is 19.1. The van der Waals surface area contributed by atoms with E-state index in [4.69, 9.17) is 9.40 Å². The molecule has 0 saturated carbocycles. The highest BCUT2D eigenvalue weighted by molar-refractivity contribution is 7.23. The zero-order valence-electron chi connectivity index (χ0n) is 20.8. The summed E-state index contributed by atoms with van der Waals surface area (Å²) in [7, 11) is 0. The molecule has 0 saturated heterocycles. The summed E-state index contributed by atoms with van der Waals surface area (Å²) < 4.78 is 6.93. The lowest BCUT2D eigenvalue weighted by Gasteiger charge is -2.27. The van der Waals surface area contributed by atoms with Gasteiger partial charge in [-0.3, -0.25) is 14.5 Å². The van der Waals surface area contributed by atoms with Gasteiger partial charge in [0, 0.05) is 36.1 Å². The van der Waals surface area contributed by atoms with Crippen molar-refractivity contribution in [2.75, 3.05) is 11.9 Å². The number of carbonyl (C=O) groups is 1. The van der Waals surface area contributed by atoms with E-state index in [1.54, 1.807) is 46.9 Å². The number of thiazole rings is 1. The predicted molar refractivity (Wildman–Crippen MR) is 158 cm³/mol. The number of anilines is 1. The molecule has 0 spiro atoms. The number of thiophene rings is 1. The monoisotopic (exact) mass is 549 g/mol. The largest absolute Gasteiger partial charge is 0.451 e. The summed E-state index contributed by atoms with van der Waals surface area (Å²) in [4.78, 5) is 34.6. The second kappa shape index (κ2) is 9.89. The predicted octanol–water partition coefficient (Wildman–Crippen LogP) is 6.94. The number of hydrogen-bond acceptors (Lipinski definition) is 7. The summed E-state index contributed by atoms with van der Waals surface area (Å²) in [6.07, 6.45) is 0.866. The fourth-order valence-corrected chi connectivity index (χ4v) is 7.50. The lowest BCUT2D eigenvalue weighted by molar-refractivity contribution is 0.0997. The maximum atomic E-state index is 13.4. The summed E-state index contributed by atoms with van der Waals surface area (Å²) in [5.41, 5.74) is 4.59. The molecule has 7 rings (SSSR count). The number of nitrogens with one attached hydrogen (secondary N) is 1. The van der Waals surface area contributed by atoms with Crippen molar-refractivity contribution in [3.05, 3.63) is 117 Å². The molecule has 4 heterocycles. The van der Waals surface area contributed by atoms with Crippen LogP contribution in [-0.2, 0) is 19.5 Å². The first-order valence-corrected chi connectivity index (χ1v) is 14.4. The van der Waals surface area contributed by atoms with E-state index < -0.39 is 5.91 Å². The number of amides is 1. The smallest absolute Gasteiger partial charge is 0.292 e. The molecule has 1 aliphatic rings. The van der Waals surface area contributed by atoms with Crippen LogP contribution >= 0.6 is 22.7 Å². The molecule has 0 bridgehead atoms. The van der Waals surface area contributed by atoms with Gasteiger partial charge in [-0.1, -0.05) is 54.6 Å². The number of fused-ring (bicyclic) bond motifs is 3. The summed E-state index contributed by atoms with van der Waals surface area (Å²) in [5.74, 6) is -0.453. The van der Waals surface area contributed by atoms with Crippen molar-refractivity contribution in [1.29, 1.82) is 0 Å². The Morgan fingerprint density at radius 2 is 1.77 bits per heavy atom. The number of benzene rings is 3. The van der Waals surface area contributed by atoms with Gasteiger partial charge in [0.25, 0.3) is 5.91 Å². The molecule has 3 aromatic heterocycles. The average molecular weight is 550 g/mol. The number of hydrogen-bond donors (Lipinski definition) is 1. The fourth-order valence-electron chi connectivity index (χ4n) is 5.11. The van der Waals surface area contributed by atoms with Crippen LogP contribution in [0.3, 0.4) is 0 Å². The Labute approximate surface area is 232 Å². The van der Waals surface area contributed by atoms with Crippen LogP contribution in [0.4, 0.5) is 5.00 Å². The molecular weight excluding hydrogens is 526 g/mol. The van der Waals surface area contributed by atoms with Gasteiger partial charge in [-0.2, -0.15) is 0 Å². The number of para-hydroxylation sites is 2. The van der Waals surface area contributed by atoms with Crippen molar-refractivity contribution in [3.8, 4) is 10.6 Å². The Bertz CT molecular complexity index is 1870. The normalized spacial score (nSPS) is 13.5. The third-order valence-electron chi connectivity index (χ3n) is 6.98. The SMILES string of the molecule is O=C(Nc1sc2c(c1-c1nc3ccccc3s1)CCN(Cc1ccccc1)C2)c1cc(=O)c2ccccc2o1. The van der Waals surface area contributed by atoms with E-state index in [1.807, 2.05) is 24.3 Å². The zero-order chi connectivity index (χ0) is 26.3. The third-order valence-corrected chi connectivity index (χ3v) is 9.16. The first kappa shape index (κ1) is 24.0. The molecule has 0 unspecified atom stereocenters. The lowest BCUT2D eigenvalue weighted by atomic mass is 10.0. The van der Waals surface area contributed by atoms with Gasteiger partial charge in [0.2, 0.25) is 0 Å². The number of aromatic nitrogens is 1. The van der Waals surface area contributed by atoms with E-state index in [-0.39, 0.29) is 11.2 Å². The highest BCUT2D eigenvalue weighted by Crippen LogP contribution is 2.46. The standard InChI is InChI=1S/C31H23N3O3S2/c35-23-16-25(37-24-12-6-4-10-20(23)24)29(36)33-31-28(30-32-22-11-5-7-13-26(22)38-30)21-14-15-34(18-27(21)39-31)17-19-8-2-1-3-9-19/h1-13,16H,14-15,17-18H2,(H,33,36). The van der Waals surface area contributed by atoms with Crippen LogP contribution in [0, 0.1) is 0 Å². The zero-order valence-corrected chi connectivity index (χ0v) is 22.5. The van der Waals surface area contributed by atoms with Crippen LogP contribution < -0.4 is 10.7 Å². The Hall–Kier alpha value is -4.11. The minimum absolute atomic E-state index is 0.00831. The van der Waals surface area contributed by atoms with Crippen LogP contribution in [0.1, 0.15) is 26.6 Å². The van der Waals surface area contributed by atoms with Crippen molar-refractivity contribution in [2.45, 2.75) is 19.5 Å². The molecule has 0 aliphatic carbocycles. The molecule has 39 heavy (non-hydrogen) atoms. The van der Waals surface area contributed by atoms with E-state index in [9.17, 15) is 9.59 Å². The maximum Gasteiger partial charge on any atom is 0.292 e. The van der Waals surface area contributed by atoms with Crippen molar-refractivity contribution >= 4 is 54.8 Å². The summed E-state index contributed by atoms with van der Waals surface area (Å²) >= 11 is 3.21. The maximum absolute atomic E-state index is 13.4. The van der Waals surface area contributed by atoms with Gasteiger partial charge < -0.3 is 9.73 Å². The van der Waals surface area contributed by atoms with Gasteiger partial charge in [0.1, 0.15) is 15.6 Å². The Kier molecular flexibility index (Phi) is 6.08. The Morgan fingerprint density at radius 1 is 0.974 bits per heavy atom. The molecule has 8 heteroatoms. The average Bonchev–Trinajstić information content (AvgIpc) is 3.54. The fraction of sp³-hybridized carbons (Fsp3) is 0.129. The quantitative estimate of drug-likeness (QED) is 0.252. The Balaban J connectivity index is 1.27. The van der Waals surface area contributed by atoms with E-state index >= 15 is 0 Å². The summed E-state index contributed by atoms with van der Waals surface area (Å²) in [6.45, 7) is 2.59. The van der Waals surface area contributed by atoms with Crippen LogP contribution in [0.2, 0.25) is 0 Å². The van der Waals surface area contributed by atoms with Crippen LogP contribution in [0.15, 0.2) is 94.1 Å². The number of rotatable bonds is 5. The van der Waals surface area contributed by atoms with E-state index in [0.717, 1.165) is 51.8 Å². The molecule has 6 nitrogen and oxygen atoms in total. The molecule has 0 fully saturated rings. The van der Waals surface area contributed by atoms with Crippen molar-refractivity contribution < 1.29 is 9.21 Å². The minimum Gasteiger partial charge on any atom is -0.451 e. The third kappa shape index (κ3) is 4.57. The molecule has 0 atom stereocenters. The van der Waals surface area contributed by atoms with E-state index in [0.29, 0.717) is 11.0 Å². The van der Waals surface area contributed by atoms with E-state index in [2.05, 4.69) is 40.5 Å². The van der Waals surface area contributed by atoms with Crippen LogP contribution in [0.25, 0.3) is 31.8 Å². The van der Waals surface area contributed by atoms with E-state index in [1.165, 1.54) is 22.1 Å². The molecule has 192 valence electrons. The lowest BCUT2D eigenvalue weighted by Crippen LogP contribution is -2.29. The summed E-state index contributed by atoms with van der Waals surface area (Å²) in [6, 6.07) is 26.8. The van der Waals surface area contributed by atoms with Crippen molar-refractivity contribution in [3.63, 3.8) is 0 Å². The second-order valence-corrected chi connectivity index (χ2v) is 11.7. The molecule has 1 N–H and O–H groups in total. The van der Waals surface area contributed by atoms with Gasteiger partial charge in [-0.25, -0.2) is 4.98 Å². The Morgan fingerprint density at radius 3 is 2.64 bits per heavy atom. The summed E-state index contributed by atoms with van der Waals surface area (Å²) in [5, 5.41) is 5.16. The van der Waals surface area contributed by atoms with Crippen LogP contribution in [0.5, 0.6) is 0 Å². The molecule has 6 aromatic rings. The topological polar surface area (TPSA) is 75.4 Å². The molecule has 1 aliphatic heterocycles. The second-order valence-electron chi connectivity index (χ2n) is 9.57. The van der Waals surface area contributed by atoms with Crippen molar-refractivity contribution in [2.24, 2.45) is 0 Å². The molecule has 3 aromatic carbocycles. The highest BCUT2D eigenvalue weighted by Gasteiger charge is 2.28. The van der Waals surface area contributed by atoms with Crippen LogP contribution in [-0.4, -0.2) is 22.3 Å². The molecule has 0 radical (unpaired) electrons. The minimum atomic E-state index is -0.444. The van der Waals surface area contributed by atoms with Gasteiger partial charge in [0.05, 0.1) is 15.6 Å².